The van der Waals surface area contributed by atoms with Crippen LogP contribution in [0.15, 0.2) is 6.20 Å². The second kappa shape index (κ2) is 4.00. The number of imidazole rings is 1. The molecule has 0 saturated heterocycles. The van der Waals surface area contributed by atoms with Gasteiger partial charge >= 0.3 is 6.36 Å². The molecule has 0 aromatic carbocycles. The van der Waals surface area contributed by atoms with Gasteiger partial charge in [-0.25, -0.2) is 4.98 Å². The molecule has 1 aromatic rings. The number of aryl methyl sites for hydroxylation is 2. The Morgan fingerprint density at radius 1 is 1.43 bits per heavy atom. The van der Waals surface area contributed by atoms with E-state index in [9.17, 15) is 13.2 Å². The number of rotatable bonds is 3. The first-order chi connectivity index (χ1) is 6.38. The van der Waals surface area contributed by atoms with E-state index in [4.69, 9.17) is 0 Å². The van der Waals surface area contributed by atoms with Gasteiger partial charge in [0.2, 0.25) is 0 Å². The topological polar surface area (TPSA) is 27.1 Å². The van der Waals surface area contributed by atoms with Crippen LogP contribution in [0, 0.1) is 13.8 Å². The summed E-state index contributed by atoms with van der Waals surface area (Å²) in [5.74, 6) is 0.688. The van der Waals surface area contributed by atoms with Gasteiger partial charge in [-0.05, 0) is 13.8 Å². The number of halogens is 3. The molecule has 1 heterocycles. The summed E-state index contributed by atoms with van der Waals surface area (Å²) in [7, 11) is 0. The Bertz CT molecular complexity index is 306. The lowest BCUT2D eigenvalue weighted by molar-refractivity contribution is -0.325. The van der Waals surface area contributed by atoms with Gasteiger partial charge in [0.1, 0.15) is 5.82 Å². The highest BCUT2D eigenvalue weighted by atomic mass is 19.4. The van der Waals surface area contributed by atoms with E-state index in [2.05, 4.69) is 9.72 Å². The standard InChI is InChI=1S/C8H11F3N2O/c1-6-5-13(7(2)12-6)3-4-14-8(9,10)11/h5H,3-4H2,1-2H3. The normalized spacial score (nSPS) is 12.1. The van der Waals surface area contributed by atoms with Crippen LogP contribution in [0.1, 0.15) is 11.5 Å². The number of alkyl halides is 3. The molecule has 1 rings (SSSR count). The fourth-order valence-electron chi connectivity index (χ4n) is 1.15. The van der Waals surface area contributed by atoms with E-state index in [-0.39, 0.29) is 13.2 Å². The van der Waals surface area contributed by atoms with Gasteiger partial charge in [0.25, 0.3) is 0 Å². The minimum Gasteiger partial charge on any atom is -0.333 e. The predicted octanol–water partition coefficient (Wildman–Crippen LogP) is 2.04. The van der Waals surface area contributed by atoms with Crippen molar-refractivity contribution >= 4 is 0 Å². The minimum absolute atomic E-state index is 0.159. The lowest BCUT2D eigenvalue weighted by Gasteiger charge is -2.08. The number of hydrogen-bond acceptors (Lipinski definition) is 2. The minimum atomic E-state index is -4.55. The lowest BCUT2D eigenvalue weighted by atomic mass is 10.5. The quantitative estimate of drug-likeness (QED) is 0.760. The van der Waals surface area contributed by atoms with Gasteiger partial charge < -0.3 is 4.57 Å². The zero-order chi connectivity index (χ0) is 10.8. The second-order valence-electron chi connectivity index (χ2n) is 2.92. The predicted molar refractivity (Wildman–Crippen MR) is 43.7 cm³/mol. The van der Waals surface area contributed by atoms with E-state index >= 15 is 0 Å². The summed E-state index contributed by atoms with van der Waals surface area (Å²) < 4.78 is 40.1. The number of aromatic nitrogens is 2. The Morgan fingerprint density at radius 2 is 2.07 bits per heavy atom. The van der Waals surface area contributed by atoms with Crippen LogP contribution in [0.25, 0.3) is 0 Å². The molecular weight excluding hydrogens is 197 g/mol. The summed E-state index contributed by atoms with van der Waals surface area (Å²) in [6.45, 7) is 3.29. The van der Waals surface area contributed by atoms with Crippen molar-refractivity contribution in [2.24, 2.45) is 0 Å². The Labute approximate surface area is 79.5 Å². The van der Waals surface area contributed by atoms with Crippen LogP contribution >= 0.6 is 0 Å². The van der Waals surface area contributed by atoms with E-state index in [0.29, 0.717) is 5.82 Å². The zero-order valence-corrected chi connectivity index (χ0v) is 7.93. The molecule has 0 saturated carbocycles. The van der Waals surface area contributed by atoms with Crippen molar-refractivity contribution < 1.29 is 17.9 Å². The Hall–Kier alpha value is -1.04. The van der Waals surface area contributed by atoms with Crippen molar-refractivity contribution in [3.63, 3.8) is 0 Å². The first-order valence-corrected chi connectivity index (χ1v) is 4.09. The first kappa shape index (κ1) is 11.0. The lowest BCUT2D eigenvalue weighted by Crippen LogP contribution is -2.17. The van der Waals surface area contributed by atoms with E-state index in [0.717, 1.165) is 5.69 Å². The molecule has 0 aliphatic rings. The molecule has 0 fully saturated rings. The third-order valence-electron chi connectivity index (χ3n) is 1.69. The highest BCUT2D eigenvalue weighted by molar-refractivity contribution is 4.99. The Morgan fingerprint density at radius 3 is 2.50 bits per heavy atom. The average molecular weight is 208 g/mol. The van der Waals surface area contributed by atoms with Gasteiger partial charge in [-0.3, -0.25) is 4.74 Å². The third kappa shape index (κ3) is 3.37. The van der Waals surface area contributed by atoms with Crippen LogP contribution in [0.5, 0.6) is 0 Å². The third-order valence-corrected chi connectivity index (χ3v) is 1.69. The number of hydrogen-bond donors (Lipinski definition) is 0. The molecule has 0 aliphatic heterocycles. The largest absolute Gasteiger partial charge is 0.522 e. The number of ether oxygens (including phenoxy) is 1. The van der Waals surface area contributed by atoms with E-state index in [1.807, 2.05) is 0 Å². The van der Waals surface area contributed by atoms with Crippen LogP contribution in [0.4, 0.5) is 13.2 Å². The maximum Gasteiger partial charge on any atom is 0.522 e. The van der Waals surface area contributed by atoms with Crippen LogP contribution < -0.4 is 0 Å². The van der Waals surface area contributed by atoms with Crippen molar-refractivity contribution in [3.05, 3.63) is 17.7 Å². The maximum absolute atomic E-state index is 11.6. The summed E-state index contributed by atoms with van der Waals surface area (Å²) >= 11 is 0. The molecule has 0 unspecified atom stereocenters. The summed E-state index contributed by atoms with van der Waals surface area (Å²) in [6, 6.07) is 0. The van der Waals surface area contributed by atoms with Crippen LogP contribution in [-0.4, -0.2) is 22.5 Å². The molecule has 0 aliphatic carbocycles. The highest BCUT2D eigenvalue weighted by Crippen LogP contribution is 2.15. The van der Waals surface area contributed by atoms with Crippen molar-refractivity contribution in [2.75, 3.05) is 6.61 Å². The number of nitrogens with zero attached hydrogens (tertiary/aromatic N) is 2. The van der Waals surface area contributed by atoms with E-state index in [1.165, 1.54) is 0 Å². The SMILES string of the molecule is Cc1cn(CCOC(F)(F)F)c(C)n1. The van der Waals surface area contributed by atoms with Gasteiger partial charge in [0.05, 0.1) is 12.3 Å². The van der Waals surface area contributed by atoms with Crippen LogP contribution in [0.2, 0.25) is 0 Å². The van der Waals surface area contributed by atoms with Crippen molar-refractivity contribution in [3.8, 4) is 0 Å². The molecule has 1 aromatic heterocycles. The molecule has 0 atom stereocenters. The van der Waals surface area contributed by atoms with Crippen LogP contribution in [-0.2, 0) is 11.3 Å². The molecule has 0 N–H and O–H groups in total. The molecule has 0 amide bonds. The summed E-state index contributed by atoms with van der Waals surface area (Å²) in [6.07, 6.45) is -2.86. The van der Waals surface area contributed by atoms with Crippen LogP contribution in [0.3, 0.4) is 0 Å². The first-order valence-electron chi connectivity index (χ1n) is 4.09. The average Bonchev–Trinajstić information content (AvgIpc) is 2.27. The zero-order valence-electron chi connectivity index (χ0n) is 7.93. The Kier molecular flexibility index (Phi) is 3.15. The summed E-state index contributed by atoms with van der Waals surface area (Å²) in [5, 5.41) is 0. The van der Waals surface area contributed by atoms with Gasteiger partial charge in [-0.15, -0.1) is 13.2 Å². The van der Waals surface area contributed by atoms with Gasteiger partial charge in [-0.2, -0.15) is 0 Å². The molecule has 0 radical (unpaired) electrons. The molecule has 14 heavy (non-hydrogen) atoms. The van der Waals surface area contributed by atoms with Gasteiger partial charge in [-0.1, -0.05) is 0 Å². The fraction of sp³-hybridized carbons (Fsp3) is 0.625. The maximum atomic E-state index is 11.6. The van der Waals surface area contributed by atoms with E-state index < -0.39 is 6.36 Å². The van der Waals surface area contributed by atoms with Crippen molar-refractivity contribution in [2.45, 2.75) is 26.8 Å². The molecule has 0 bridgehead atoms. The second-order valence-corrected chi connectivity index (χ2v) is 2.92. The summed E-state index contributed by atoms with van der Waals surface area (Å²) in [4.78, 5) is 4.05. The molecular formula is C8H11F3N2O. The fourth-order valence-corrected chi connectivity index (χ4v) is 1.15. The van der Waals surface area contributed by atoms with Gasteiger partial charge in [0, 0.05) is 12.7 Å². The summed E-state index contributed by atoms with van der Waals surface area (Å²) in [5.41, 5.74) is 0.787. The Balaban J connectivity index is 2.42. The van der Waals surface area contributed by atoms with Gasteiger partial charge in [0.15, 0.2) is 0 Å². The molecule has 6 heteroatoms. The highest BCUT2D eigenvalue weighted by Gasteiger charge is 2.28. The van der Waals surface area contributed by atoms with Crippen molar-refractivity contribution in [1.82, 2.24) is 9.55 Å². The smallest absolute Gasteiger partial charge is 0.333 e. The molecule has 0 spiro atoms. The monoisotopic (exact) mass is 208 g/mol. The molecule has 80 valence electrons. The van der Waals surface area contributed by atoms with Crippen molar-refractivity contribution in [1.29, 1.82) is 0 Å². The molecule has 3 nitrogen and oxygen atoms in total. The van der Waals surface area contributed by atoms with E-state index in [1.54, 1.807) is 24.6 Å².